The van der Waals surface area contributed by atoms with Crippen LogP contribution in [0.1, 0.15) is 39.0 Å². The van der Waals surface area contributed by atoms with Gasteiger partial charge in [-0.05, 0) is 19.3 Å². The van der Waals surface area contributed by atoms with E-state index in [1.54, 1.807) is 0 Å². The maximum atomic E-state index is 12.3. The highest BCUT2D eigenvalue weighted by Crippen LogP contribution is 2.19. The molecule has 100 valence electrons. The molecule has 2 rings (SSSR count). The van der Waals surface area contributed by atoms with Crippen LogP contribution in [-0.4, -0.2) is 38.2 Å². The van der Waals surface area contributed by atoms with Crippen molar-refractivity contribution >= 4 is 11.9 Å². The second-order valence-corrected chi connectivity index (χ2v) is 4.80. The number of rotatable bonds is 3. The number of nitrogens with zero attached hydrogens (tertiary/aromatic N) is 4. The van der Waals surface area contributed by atoms with Crippen LogP contribution < -0.4 is 5.73 Å². The first kappa shape index (κ1) is 12.9. The van der Waals surface area contributed by atoms with Crippen molar-refractivity contribution in [1.29, 1.82) is 0 Å². The van der Waals surface area contributed by atoms with Gasteiger partial charge in [-0.1, -0.05) is 19.8 Å². The Labute approximate surface area is 107 Å². The summed E-state index contributed by atoms with van der Waals surface area (Å²) in [5.41, 5.74) is 5.44. The van der Waals surface area contributed by atoms with Crippen LogP contribution in [0, 0.1) is 0 Å². The minimum atomic E-state index is 0.119. The highest BCUT2D eigenvalue weighted by molar-refractivity contribution is 5.76. The summed E-state index contributed by atoms with van der Waals surface area (Å²) in [6.45, 7) is 3.24. The molecule has 6 nitrogen and oxygen atoms in total. The van der Waals surface area contributed by atoms with Gasteiger partial charge in [-0.2, -0.15) is 0 Å². The number of hydrogen-bond acceptors (Lipinski definition) is 4. The number of amides is 1. The molecule has 2 N–H and O–H groups in total. The summed E-state index contributed by atoms with van der Waals surface area (Å²) in [5.74, 6) is 0.333. The summed E-state index contributed by atoms with van der Waals surface area (Å²) in [5, 5.41) is 3.96. The molecule has 2 heterocycles. The van der Waals surface area contributed by atoms with Gasteiger partial charge in [0, 0.05) is 12.6 Å². The van der Waals surface area contributed by atoms with E-state index in [-0.39, 0.29) is 18.4 Å². The van der Waals surface area contributed by atoms with Gasteiger partial charge in [0.2, 0.25) is 11.9 Å². The van der Waals surface area contributed by atoms with Crippen LogP contribution in [0.2, 0.25) is 0 Å². The molecule has 0 spiro atoms. The molecule has 1 unspecified atom stereocenters. The monoisotopic (exact) mass is 251 g/mol. The molecule has 0 bridgehead atoms. The summed E-state index contributed by atoms with van der Waals surface area (Å²) < 4.78 is 1.51. The normalized spacial score (nSPS) is 20.7. The SMILES string of the molecule is CCC1CCCCCN1C(=O)Cn1cnc(N)n1. The van der Waals surface area contributed by atoms with Crippen molar-refractivity contribution in [1.82, 2.24) is 19.7 Å². The Bertz CT molecular complexity index is 403. The third kappa shape index (κ3) is 3.00. The number of hydrogen-bond donors (Lipinski definition) is 1. The molecular weight excluding hydrogens is 230 g/mol. The maximum Gasteiger partial charge on any atom is 0.244 e. The lowest BCUT2D eigenvalue weighted by Crippen LogP contribution is -2.41. The molecule has 0 saturated carbocycles. The third-order valence-corrected chi connectivity index (χ3v) is 3.52. The molecule has 1 aliphatic rings. The second-order valence-electron chi connectivity index (χ2n) is 4.80. The Morgan fingerprint density at radius 3 is 3.00 bits per heavy atom. The Morgan fingerprint density at radius 1 is 1.50 bits per heavy atom. The van der Waals surface area contributed by atoms with Crippen LogP contribution in [0.4, 0.5) is 5.95 Å². The molecule has 0 aliphatic carbocycles. The van der Waals surface area contributed by atoms with Gasteiger partial charge in [-0.15, -0.1) is 5.10 Å². The highest BCUT2D eigenvalue weighted by atomic mass is 16.2. The Balaban J connectivity index is 2.01. The first-order valence-electron chi connectivity index (χ1n) is 6.65. The zero-order chi connectivity index (χ0) is 13.0. The van der Waals surface area contributed by atoms with Crippen molar-refractivity contribution in [2.24, 2.45) is 0 Å². The lowest BCUT2D eigenvalue weighted by molar-refractivity contribution is -0.134. The van der Waals surface area contributed by atoms with Gasteiger partial charge >= 0.3 is 0 Å². The Kier molecular flexibility index (Phi) is 4.17. The second kappa shape index (κ2) is 5.84. The van der Waals surface area contributed by atoms with E-state index in [9.17, 15) is 4.79 Å². The van der Waals surface area contributed by atoms with Crippen molar-refractivity contribution in [3.8, 4) is 0 Å². The summed E-state index contributed by atoms with van der Waals surface area (Å²) in [6, 6.07) is 0.376. The number of anilines is 1. The van der Waals surface area contributed by atoms with E-state index in [0.717, 1.165) is 25.8 Å². The molecule has 18 heavy (non-hydrogen) atoms. The average molecular weight is 251 g/mol. The van der Waals surface area contributed by atoms with Gasteiger partial charge < -0.3 is 10.6 Å². The van der Waals surface area contributed by atoms with Crippen molar-refractivity contribution < 1.29 is 4.79 Å². The molecule has 1 amide bonds. The van der Waals surface area contributed by atoms with Crippen molar-refractivity contribution in [2.75, 3.05) is 12.3 Å². The summed E-state index contributed by atoms with van der Waals surface area (Å²) in [4.78, 5) is 18.1. The third-order valence-electron chi connectivity index (χ3n) is 3.52. The van der Waals surface area contributed by atoms with E-state index in [4.69, 9.17) is 5.73 Å². The Hall–Kier alpha value is -1.59. The Morgan fingerprint density at radius 2 is 2.33 bits per heavy atom. The van der Waals surface area contributed by atoms with Gasteiger partial charge in [0.15, 0.2) is 0 Å². The van der Waals surface area contributed by atoms with Crippen LogP contribution in [-0.2, 0) is 11.3 Å². The molecule has 1 atom stereocenters. The van der Waals surface area contributed by atoms with E-state index in [0.29, 0.717) is 6.04 Å². The van der Waals surface area contributed by atoms with Crippen LogP contribution in [0.3, 0.4) is 0 Å². The lowest BCUT2D eigenvalue weighted by Gasteiger charge is -2.29. The fourth-order valence-corrected chi connectivity index (χ4v) is 2.54. The number of nitrogen functional groups attached to an aromatic ring is 1. The van der Waals surface area contributed by atoms with Gasteiger partial charge in [0.05, 0.1) is 0 Å². The van der Waals surface area contributed by atoms with Crippen molar-refractivity contribution in [3.63, 3.8) is 0 Å². The smallest absolute Gasteiger partial charge is 0.244 e. The minimum absolute atomic E-state index is 0.119. The van der Waals surface area contributed by atoms with Crippen LogP contribution >= 0.6 is 0 Å². The molecule has 1 saturated heterocycles. The van der Waals surface area contributed by atoms with Crippen LogP contribution in [0.25, 0.3) is 0 Å². The number of likely N-dealkylation sites (tertiary alicyclic amines) is 1. The molecule has 1 aromatic rings. The van der Waals surface area contributed by atoms with Crippen LogP contribution in [0.15, 0.2) is 6.33 Å². The summed E-state index contributed by atoms with van der Waals surface area (Å²) in [6.07, 6.45) is 7.18. The fraction of sp³-hybridized carbons (Fsp3) is 0.750. The van der Waals surface area contributed by atoms with E-state index in [1.807, 2.05) is 4.90 Å². The highest BCUT2D eigenvalue weighted by Gasteiger charge is 2.24. The lowest BCUT2D eigenvalue weighted by atomic mass is 10.1. The largest absolute Gasteiger partial charge is 0.367 e. The van der Waals surface area contributed by atoms with E-state index in [1.165, 1.54) is 23.9 Å². The first-order valence-corrected chi connectivity index (χ1v) is 6.65. The predicted molar refractivity (Wildman–Crippen MR) is 68.7 cm³/mol. The first-order chi connectivity index (χ1) is 8.70. The number of carbonyl (C=O) groups excluding carboxylic acids is 1. The zero-order valence-corrected chi connectivity index (χ0v) is 10.9. The zero-order valence-electron chi connectivity index (χ0n) is 10.9. The van der Waals surface area contributed by atoms with Crippen molar-refractivity contribution in [2.45, 2.75) is 51.6 Å². The van der Waals surface area contributed by atoms with E-state index < -0.39 is 0 Å². The van der Waals surface area contributed by atoms with Gasteiger partial charge in [0.1, 0.15) is 12.9 Å². The summed E-state index contributed by atoms with van der Waals surface area (Å²) in [7, 11) is 0. The van der Waals surface area contributed by atoms with Gasteiger partial charge in [0.25, 0.3) is 0 Å². The quantitative estimate of drug-likeness (QED) is 0.870. The maximum absolute atomic E-state index is 12.3. The van der Waals surface area contributed by atoms with Crippen molar-refractivity contribution in [3.05, 3.63) is 6.33 Å². The topological polar surface area (TPSA) is 77.0 Å². The average Bonchev–Trinajstić information content (AvgIpc) is 2.65. The summed E-state index contributed by atoms with van der Waals surface area (Å²) >= 11 is 0. The van der Waals surface area contributed by atoms with E-state index in [2.05, 4.69) is 17.0 Å². The standard InChI is InChI=1S/C12H21N5O/c1-2-10-6-4-3-5-7-17(10)11(18)8-16-9-14-12(13)15-16/h9-10H,2-8H2,1H3,(H2,13,15). The molecule has 0 radical (unpaired) electrons. The number of carbonyl (C=O) groups is 1. The molecule has 1 aromatic heterocycles. The van der Waals surface area contributed by atoms with Gasteiger partial charge in [-0.25, -0.2) is 9.67 Å². The molecule has 1 aliphatic heterocycles. The van der Waals surface area contributed by atoms with E-state index >= 15 is 0 Å². The molecule has 1 fully saturated rings. The number of aromatic nitrogens is 3. The molecular formula is C12H21N5O. The minimum Gasteiger partial charge on any atom is -0.367 e. The fourth-order valence-electron chi connectivity index (χ4n) is 2.54. The van der Waals surface area contributed by atoms with Gasteiger partial charge in [-0.3, -0.25) is 4.79 Å². The molecule has 6 heteroatoms. The van der Waals surface area contributed by atoms with Crippen LogP contribution in [0.5, 0.6) is 0 Å². The predicted octanol–water partition coefficient (Wildman–Crippen LogP) is 1.04. The molecule has 0 aromatic carbocycles. The number of nitrogens with two attached hydrogens (primary N) is 1.